The summed E-state index contributed by atoms with van der Waals surface area (Å²) in [5.41, 5.74) is 8.66. The van der Waals surface area contributed by atoms with Crippen molar-refractivity contribution in [3.8, 4) is 0 Å². The Kier molecular flexibility index (Phi) is 5.05. The van der Waals surface area contributed by atoms with Gasteiger partial charge in [-0.1, -0.05) is 35.5 Å². The fraction of sp³-hybridized carbons (Fsp3) is 0.190. The first-order valence-electron chi connectivity index (χ1n) is 8.98. The molecule has 0 fully saturated rings. The fourth-order valence-corrected chi connectivity index (χ4v) is 3.23. The van der Waals surface area contributed by atoms with Gasteiger partial charge in [0, 0.05) is 18.0 Å². The minimum absolute atomic E-state index is 0.0225. The molecule has 0 amide bonds. The van der Waals surface area contributed by atoms with E-state index in [1.54, 1.807) is 0 Å². The number of hydrogen-bond donors (Lipinski definition) is 2. The van der Waals surface area contributed by atoms with E-state index in [9.17, 15) is 0 Å². The van der Waals surface area contributed by atoms with E-state index in [2.05, 4.69) is 50.8 Å². The number of rotatable bonds is 6. The van der Waals surface area contributed by atoms with Crippen LogP contribution in [0.3, 0.4) is 0 Å². The highest BCUT2D eigenvalue weighted by Crippen LogP contribution is 2.32. The second-order valence-electron chi connectivity index (χ2n) is 6.50. The number of nitrogens with two attached hydrogens (primary N) is 1. The van der Waals surface area contributed by atoms with Gasteiger partial charge in [0.15, 0.2) is 0 Å². The van der Waals surface area contributed by atoms with Gasteiger partial charge in [0.2, 0.25) is 0 Å². The number of hydrogen-bond acceptors (Lipinski definition) is 7. The fourth-order valence-electron chi connectivity index (χ4n) is 3.23. The minimum Gasteiger partial charge on any atom is -0.490 e. The lowest BCUT2D eigenvalue weighted by Gasteiger charge is -2.20. The molecule has 7 heteroatoms. The van der Waals surface area contributed by atoms with Crippen LogP contribution >= 0.6 is 0 Å². The molecule has 142 valence electrons. The number of benzene rings is 1. The molecule has 0 spiro atoms. The first-order valence-corrected chi connectivity index (χ1v) is 8.98. The number of nitrogen functional groups attached to an aromatic ring is 1. The number of oxime groups is 1. The first-order chi connectivity index (χ1) is 13.7. The number of nitrogens with one attached hydrogen (secondary N) is 1. The molecule has 0 radical (unpaired) electrons. The van der Waals surface area contributed by atoms with E-state index in [1.165, 1.54) is 25.2 Å². The molecule has 4 rings (SSSR count). The molecule has 0 saturated heterocycles. The molecule has 28 heavy (non-hydrogen) atoms. The van der Waals surface area contributed by atoms with Gasteiger partial charge in [0.1, 0.15) is 31.2 Å². The highest BCUT2D eigenvalue weighted by molar-refractivity contribution is 5.91. The summed E-state index contributed by atoms with van der Waals surface area (Å²) < 4.78 is 6.08. The van der Waals surface area contributed by atoms with Gasteiger partial charge in [-0.2, -0.15) is 0 Å². The maximum absolute atomic E-state index is 6.08. The third-order valence-corrected chi connectivity index (χ3v) is 4.57. The molecule has 2 aromatic rings. The van der Waals surface area contributed by atoms with Crippen molar-refractivity contribution in [3.63, 3.8) is 0 Å². The number of anilines is 2. The number of nitrogens with zero attached hydrogens (tertiary/aromatic N) is 3. The third-order valence-electron chi connectivity index (χ3n) is 4.57. The SMILES string of the molecule is CO/N=C/c1c(N)ncnc1NC1=CC2C=C(Cc3ccccc3)OC2C=C1. The van der Waals surface area contributed by atoms with E-state index in [0.29, 0.717) is 17.2 Å². The molecule has 2 aliphatic rings. The van der Waals surface area contributed by atoms with E-state index in [4.69, 9.17) is 15.3 Å². The molecule has 2 atom stereocenters. The maximum atomic E-state index is 6.08. The number of fused-ring (bicyclic) bond motifs is 1. The van der Waals surface area contributed by atoms with Gasteiger partial charge in [-0.05, 0) is 29.9 Å². The summed E-state index contributed by atoms with van der Waals surface area (Å²) >= 11 is 0. The van der Waals surface area contributed by atoms with Crippen LogP contribution in [-0.4, -0.2) is 29.4 Å². The van der Waals surface area contributed by atoms with E-state index < -0.39 is 0 Å². The van der Waals surface area contributed by atoms with Gasteiger partial charge in [0.25, 0.3) is 0 Å². The van der Waals surface area contributed by atoms with Crippen molar-refractivity contribution < 1.29 is 9.57 Å². The molecular weight excluding hydrogens is 354 g/mol. The van der Waals surface area contributed by atoms with Crippen molar-refractivity contribution in [2.75, 3.05) is 18.2 Å². The van der Waals surface area contributed by atoms with Crippen molar-refractivity contribution in [2.24, 2.45) is 11.1 Å². The molecule has 1 aliphatic carbocycles. The van der Waals surface area contributed by atoms with E-state index in [0.717, 1.165) is 17.9 Å². The maximum Gasteiger partial charge on any atom is 0.144 e. The molecule has 1 aromatic carbocycles. The van der Waals surface area contributed by atoms with Crippen LogP contribution in [0, 0.1) is 5.92 Å². The zero-order valence-electron chi connectivity index (χ0n) is 15.4. The lowest BCUT2D eigenvalue weighted by atomic mass is 9.96. The predicted octanol–water partition coefficient (Wildman–Crippen LogP) is 3.05. The molecule has 0 saturated carbocycles. The Morgan fingerprint density at radius 2 is 2.11 bits per heavy atom. The first kappa shape index (κ1) is 17.8. The van der Waals surface area contributed by atoms with E-state index >= 15 is 0 Å². The average Bonchev–Trinajstić information content (AvgIpc) is 3.10. The molecule has 2 heterocycles. The van der Waals surface area contributed by atoms with Crippen LogP contribution in [0.25, 0.3) is 0 Å². The topological polar surface area (TPSA) is 94.7 Å². The van der Waals surface area contributed by atoms with Crippen molar-refractivity contribution in [3.05, 3.63) is 83.5 Å². The van der Waals surface area contributed by atoms with Gasteiger partial charge in [0.05, 0.1) is 17.5 Å². The Morgan fingerprint density at radius 1 is 1.25 bits per heavy atom. The van der Waals surface area contributed by atoms with E-state index in [1.807, 2.05) is 24.3 Å². The average molecular weight is 375 g/mol. The molecule has 1 aromatic heterocycles. The monoisotopic (exact) mass is 375 g/mol. The summed E-state index contributed by atoms with van der Waals surface area (Å²) in [5.74, 6) is 2.05. The minimum atomic E-state index is 0.0225. The Balaban J connectivity index is 1.51. The van der Waals surface area contributed by atoms with Crippen LogP contribution in [-0.2, 0) is 16.0 Å². The second-order valence-corrected chi connectivity index (χ2v) is 6.50. The second kappa shape index (κ2) is 7.96. The molecule has 2 unspecified atom stereocenters. The van der Waals surface area contributed by atoms with Crippen molar-refractivity contribution in [1.29, 1.82) is 0 Å². The lowest BCUT2D eigenvalue weighted by Crippen LogP contribution is -2.18. The molecule has 1 aliphatic heterocycles. The summed E-state index contributed by atoms with van der Waals surface area (Å²) in [6.45, 7) is 0. The van der Waals surface area contributed by atoms with Crippen LogP contribution in [0.1, 0.15) is 11.1 Å². The van der Waals surface area contributed by atoms with Gasteiger partial charge >= 0.3 is 0 Å². The Hall–Kier alpha value is -3.61. The summed E-state index contributed by atoms with van der Waals surface area (Å²) in [6, 6.07) is 10.3. The van der Waals surface area contributed by atoms with Gasteiger partial charge in [-0.3, -0.25) is 0 Å². The van der Waals surface area contributed by atoms with Crippen LogP contribution in [0.2, 0.25) is 0 Å². The normalized spacial score (nSPS) is 20.3. The quantitative estimate of drug-likeness (QED) is 0.595. The standard InChI is InChI=1S/C21H21N5O2/c1-27-25-12-18-20(22)23-13-24-21(18)26-16-7-8-19-15(10-16)11-17(28-19)9-14-5-3-2-4-6-14/h2-8,10-13,15,19H,9H2,1H3,(H3,22,23,24,26)/b25-12+. The Morgan fingerprint density at radius 3 is 2.93 bits per heavy atom. The molecule has 3 N–H and O–H groups in total. The smallest absolute Gasteiger partial charge is 0.144 e. The molecule has 7 nitrogen and oxygen atoms in total. The van der Waals surface area contributed by atoms with Crippen LogP contribution in [0.5, 0.6) is 0 Å². The van der Waals surface area contributed by atoms with E-state index in [-0.39, 0.29) is 12.0 Å². The summed E-state index contributed by atoms with van der Waals surface area (Å²) in [7, 11) is 1.47. The third kappa shape index (κ3) is 3.88. The number of allylic oxidation sites excluding steroid dienone is 2. The van der Waals surface area contributed by atoms with Crippen LogP contribution in [0.15, 0.2) is 77.6 Å². The number of aromatic nitrogens is 2. The number of ether oxygens (including phenoxy) is 1. The van der Waals surface area contributed by atoms with Crippen LogP contribution < -0.4 is 11.1 Å². The lowest BCUT2D eigenvalue weighted by molar-refractivity contribution is 0.160. The summed E-state index contributed by atoms with van der Waals surface area (Å²) in [4.78, 5) is 13.0. The van der Waals surface area contributed by atoms with Crippen molar-refractivity contribution in [1.82, 2.24) is 9.97 Å². The summed E-state index contributed by atoms with van der Waals surface area (Å²) in [6.07, 6.45) is 12.0. The van der Waals surface area contributed by atoms with Crippen molar-refractivity contribution >= 4 is 17.9 Å². The highest BCUT2D eigenvalue weighted by atomic mass is 16.6. The van der Waals surface area contributed by atoms with Gasteiger partial charge < -0.3 is 20.6 Å². The Labute approximate surface area is 163 Å². The predicted molar refractivity (Wildman–Crippen MR) is 108 cm³/mol. The van der Waals surface area contributed by atoms with Crippen molar-refractivity contribution in [2.45, 2.75) is 12.5 Å². The summed E-state index contributed by atoms with van der Waals surface area (Å²) in [5, 5.41) is 7.06. The van der Waals surface area contributed by atoms with Gasteiger partial charge in [-0.25, -0.2) is 9.97 Å². The highest BCUT2D eigenvalue weighted by Gasteiger charge is 2.28. The zero-order chi connectivity index (χ0) is 19.3. The zero-order valence-corrected chi connectivity index (χ0v) is 15.4. The largest absolute Gasteiger partial charge is 0.490 e. The molecular formula is C21H21N5O2. The van der Waals surface area contributed by atoms with Gasteiger partial charge in [-0.15, -0.1) is 0 Å². The van der Waals surface area contributed by atoms with Crippen LogP contribution in [0.4, 0.5) is 11.6 Å². The Bertz CT molecular complexity index is 966. The molecule has 0 bridgehead atoms.